The quantitative estimate of drug-likeness (QED) is 0.0299. The summed E-state index contributed by atoms with van der Waals surface area (Å²) < 4.78 is 11.1. The molecule has 0 aromatic carbocycles. The highest BCUT2D eigenvalue weighted by molar-refractivity contribution is 5.76. The summed E-state index contributed by atoms with van der Waals surface area (Å²) in [6, 6.07) is -0.983. The van der Waals surface area contributed by atoms with Crippen molar-refractivity contribution in [2.75, 3.05) is 13.2 Å². The van der Waals surface area contributed by atoms with E-state index in [1.54, 1.807) is 0 Å². The molecule has 1 saturated heterocycles. The first-order valence-corrected chi connectivity index (χ1v) is 23.8. The maximum atomic E-state index is 13.0. The van der Waals surface area contributed by atoms with Crippen LogP contribution in [0.1, 0.15) is 226 Å². The van der Waals surface area contributed by atoms with Gasteiger partial charge in [-0.25, -0.2) is 0 Å². The molecule has 1 heterocycles. The zero-order valence-corrected chi connectivity index (χ0v) is 36.3. The van der Waals surface area contributed by atoms with Crippen molar-refractivity contribution in [3.8, 4) is 0 Å². The molecule has 0 spiro atoms. The average molecular weight is 802 g/mol. The van der Waals surface area contributed by atoms with Gasteiger partial charge in [0.05, 0.1) is 25.4 Å². The molecule has 8 atom stereocenters. The lowest BCUT2D eigenvalue weighted by molar-refractivity contribution is -0.303. The molecule has 0 radical (unpaired) electrons. The van der Waals surface area contributed by atoms with Crippen LogP contribution < -0.4 is 5.32 Å². The number of carbonyl (C=O) groups excluding carboxylic acids is 1. The third-order valence-corrected chi connectivity index (χ3v) is 11.8. The lowest BCUT2D eigenvalue weighted by Gasteiger charge is -2.40. The van der Waals surface area contributed by atoms with Gasteiger partial charge in [-0.1, -0.05) is 206 Å². The molecule has 1 fully saturated rings. The first kappa shape index (κ1) is 53.2. The van der Waals surface area contributed by atoms with Crippen molar-refractivity contribution in [2.24, 2.45) is 0 Å². The van der Waals surface area contributed by atoms with Gasteiger partial charge in [-0.2, -0.15) is 0 Å². The first-order valence-electron chi connectivity index (χ1n) is 23.8. The molecular formula is C46H91NO9. The first-order chi connectivity index (χ1) is 27.3. The summed E-state index contributed by atoms with van der Waals surface area (Å²) in [5.74, 6) is -0.255. The number of ether oxygens (including phenoxy) is 2. The minimum atomic E-state index is -1.60. The van der Waals surface area contributed by atoms with E-state index < -0.39 is 55.6 Å². The van der Waals surface area contributed by atoms with Crippen molar-refractivity contribution >= 4 is 5.91 Å². The van der Waals surface area contributed by atoms with Crippen molar-refractivity contribution in [3.05, 3.63) is 0 Å². The summed E-state index contributed by atoms with van der Waals surface area (Å²) >= 11 is 0. The zero-order valence-electron chi connectivity index (χ0n) is 36.3. The number of unbranched alkanes of at least 4 members (excludes halogenated alkanes) is 29. The van der Waals surface area contributed by atoms with E-state index >= 15 is 0 Å². The van der Waals surface area contributed by atoms with Crippen LogP contribution in [0.25, 0.3) is 0 Å². The molecule has 0 saturated carbocycles. The lowest BCUT2D eigenvalue weighted by Crippen LogP contribution is -2.60. The van der Waals surface area contributed by atoms with Gasteiger partial charge >= 0.3 is 0 Å². The maximum absolute atomic E-state index is 13.0. The van der Waals surface area contributed by atoms with Crippen molar-refractivity contribution in [1.82, 2.24) is 5.32 Å². The van der Waals surface area contributed by atoms with E-state index in [-0.39, 0.29) is 18.9 Å². The standard InChI is InChI=1S/C46H91NO9/c1-3-5-7-9-11-13-14-15-16-17-18-19-20-21-22-23-24-25-26-27-29-31-33-35-41(50)47-38(37-55-46-45(54)44(53)43(52)40(36-48)56-46)42(51)39(49)34-32-30-28-12-10-8-6-4-2/h38-40,42-46,48-49,51-54H,3-37H2,1-2H3,(H,47,50)/t38-,39+,40+,42-,43-,44?,45?,46+/m0/s1. The molecular weight excluding hydrogens is 711 g/mol. The second-order valence-electron chi connectivity index (χ2n) is 17.1. The molecule has 334 valence electrons. The molecule has 1 aliphatic rings. The normalized spacial score (nSPS) is 21.6. The van der Waals surface area contributed by atoms with Crippen molar-refractivity contribution in [1.29, 1.82) is 0 Å². The Kier molecular flexibility index (Phi) is 35.3. The minimum absolute atomic E-state index is 0.255. The molecule has 0 aliphatic carbocycles. The summed E-state index contributed by atoms with van der Waals surface area (Å²) in [4.78, 5) is 13.0. The van der Waals surface area contributed by atoms with Gasteiger partial charge in [0.2, 0.25) is 5.91 Å². The number of amides is 1. The van der Waals surface area contributed by atoms with Crippen LogP contribution in [-0.4, -0.2) is 98.7 Å². The fourth-order valence-electron chi connectivity index (χ4n) is 7.91. The average Bonchev–Trinajstić information content (AvgIpc) is 3.20. The van der Waals surface area contributed by atoms with Crippen molar-refractivity contribution in [3.63, 3.8) is 0 Å². The van der Waals surface area contributed by atoms with E-state index in [0.717, 1.165) is 44.9 Å². The summed E-state index contributed by atoms with van der Waals surface area (Å²) in [6.45, 7) is 3.58. The number of aliphatic hydroxyl groups excluding tert-OH is 6. The van der Waals surface area contributed by atoms with Crippen LogP contribution in [0.5, 0.6) is 0 Å². The molecule has 1 amide bonds. The number of carbonyl (C=O) groups is 1. The summed E-state index contributed by atoms with van der Waals surface area (Å²) in [5.41, 5.74) is 0. The zero-order chi connectivity index (χ0) is 41.1. The van der Waals surface area contributed by atoms with Gasteiger partial charge in [-0.05, 0) is 12.8 Å². The Morgan fingerprint density at radius 3 is 1.32 bits per heavy atom. The van der Waals surface area contributed by atoms with Crippen LogP contribution in [0.4, 0.5) is 0 Å². The van der Waals surface area contributed by atoms with Crippen LogP contribution in [0, 0.1) is 0 Å². The molecule has 56 heavy (non-hydrogen) atoms. The molecule has 2 unspecified atom stereocenters. The fraction of sp³-hybridized carbons (Fsp3) is 0.978. The molecule has 10 nitrogen and oxygen atoms in total. The van der Waals surface area contributed by atoms with Gasteiger partial charge < -0.3 is 45.4 Å². The van der Waals surface area contributed by atoms with Gasteiger partial charge in [0.25, 0.3) is 0 Å². The summed E-state index contributed by atoms with van der Waals surface area (Å²) in [5, 5.41) is 64.9. The topological polar surface area (TPSA) is 169 Å². The molecule has 7 N–H and O–H groups in total. The van der Waals surface area contributed by atoms with Crippen molar-refractivity contribution < 1.29 is 44.9 Å². The van der Waals surface area contributed by atoms with Gasteiger partial charge in [0, 0.05) is 6.42 Å². The van der Waals surface area contributed by atoms with E-state index in [2.05, 4.69) is 19.2 Å². The number of hydrogen-bond donors (Lipinski definition) is 7. The van der Waals surface area contributed by atoms with Crippen LogP contribution in [0.15, 0.2) is 0 Å². The second-order valence-corrected chi connectivity index (χ2v) is 17.1. The number of rotatable bonds is 40. The predicted octanol–water partition coefficient (Wildman–Crippen LogP) is 8.92. The molecule has 0 aromatic rings. The molecule has 10 heteroatoms. The van der Waals surface area contributed by atoms with E-state index in [9.17, 15) is 35.4 Å². The third-order valence-electron chi connectivity index (χ3n) is 11.8. The Bertz CT molecular complexity index is 864. The SMILES string of the molecule is CCCCCCCCCCCCCCCCCCCCCCCCCC(=O)N[C@@H](CO[C@@H]1O[C@H](CO)[C@H](O)C(O)C1O)[C@H](O)[C@H](O)CCCCCCCCCC. The largest absolute Gasteiger partial charge is 0.394 e. The highest BCUT2D eigenvalue weighted by atomic mass is 16.7. The van der Waals surface area contributed by atoms with Gasteiger partial charge in [0.1, 0.15) is 30.5 Å². The fourth-order valence-corrected chi connectivity index (χ4v) is 7.91. The molecule has 0 aromatic heterocycles. The Hall–Kier alpha value is -0.850. The number of hydrogen-bond acceptors (Lipinski definition) is 9. The van der Waals surface area contributed by atoms with Crippen LogP contribution in [0.2, 0.25) is 0 Å². The van der Waals surface area contributed by atoms with E-state index in [4.69, 9.17) is 9.47 Å². The predicted molar refractivity (Wildman–Crippen MR) is 227 cm³/mol. The van der Waals surface area contributed by atoms with Gasteiger partial charge in [0.15, 0.2) is 6.29 Å². The monoisotopic (exact) mass is 802 g/mol. The molecule has 1 rings (SSSR count). The smallest absolute Gasteiger partial charge is 0.220 e. The number of aliphatic hydroxyl groups is 6. The summed E-state index contributed by atoms with van der Waals surface area (Å²) in [6.07, 6.45) is 30.0. The van der Waals surface area contributed by atoms with Crippen LogP contribution >= 0.6 is 0 Å². The van der Waals surface area contributed by atoms with E-state index in [1.807, 2.05) is 0 Å². The van der Waals surface area contributed by atoms with Crippen molar-refractivity contribution in [2.45, 2.75) is 275 Å². The second kappa shape index (κ2) is 37.2. The van der Waals surface area contributed by atoms with E-state index in [1.165, 1.54) is 154 Å². The molecule has 1 aliphatic heterocycles. The Labute approximate surface area is 343 Å². The Balaban J connectivity index is 2.24. The van der Waals surface area contributed by atoms with Crippen LogP contribution in [0.3, 0.4) is 0 Å². The third kappa shape index (κ3) is 27.0. The van der Waals surface area contributed by atoms with Gasteiger partial charge in [-0.3, -0.25) is 4.79 Å². The van der Waals surface area contributed by atoms with Gasteiger partial charge in [-0.15, -0.1) is 0 Å². The molecule has 0 bridgehead atoms. The maximum Gasteiger partial charge on any atom is 0.220 e. The number of nitrogens with one attached hydrogen (secondary N) is 1. The van der Waals surface area contributed by atoms with E-state index in [0.29, 0.717) is 6.42 Å². The Morgan fingerprint density at radius 1 is 0.554 bits per heavy atom. The summed E-state index contributed by atoms with van der Waals surface area (Å²) in [7, 11) is 0. The van der Waals surface area contributed by atoms with Crippen LogP contribution in [-0.2, 0) is 14.3 Å². The highest BCUT2D eigenvalue weighted by Crippen LogP contribution is 2.23. The Morgan fingerprint density at radius 2 is 0.929 bits per heavy atom. The minimum Gasteiger partial charge on any atom is -0.394 e. The highest BCUT2D eigenvalue weighted by Gasteiger charge is 2.44. The lowest BCUT2D eigenvalue weighted by atomic mass is 9.98.